The van der Waals surface area contributed by atoms with Crippen molar-refractivity contribution < 1.29 is 9.90 Å². The van der Waals surface area contributed by atoms with Gasteiger partial charge in [-0.05, 0) is 18.6 Å². The molecule has 0 radical (unpaired) electrons. The molecule has 0 fully saturated rings. The average molecular weight is 219 g/mol. The predicted molar refractivity (Wildman–Crippen MR) is 59.2 cm³/mol. The molecule has 0 aliphatic rings. The largest absolute Gasteiger partial charge is 0.481 e. The number of carbonyl (C=O) groups is 1. The van der Waals surface area contributed by atoms with Crippen molar-refractivity contribution in [1.29, 1.82) is 0 Å². The molecule has 0 aliphatic carbocycles. The second kappa shape index (κ2) is 4.30. The highest BCUT2D eigenvalue weighted by Crippen LogP contribution is 2.27. The molecular formula is C11H13N3O2. The summed E-state index contributed by atoms with van der Waals surface area (Å²) in [5.74, 6) is -0.859. The second-order valence-electron chi connectivity index (χ2n) is 3.71. The topological polar surface area (TPSA) is 78.9 Å². The van der Waals surface area contributed by atoms with Crippen LogP contribution in [0.1, 0.15) is 31.4 Å². The Balaban J connectivity index is 2.41. The Labute approximate surface area is 92.5 Å². The summed E-state index contributed by atoms with van der Waals surface area (Å²) in [5.41, 5.74) is 1.51. The number of aromatic amines is 1. The van der Waals surface area contributed by atoms with Crippen molar-refractivity contribution in [2.45, 2.75) is 25.7 Å². The van der Waals surface area contributed by atoms with Crippen molar-refractivity contribution >= 4 is 17.0 Å². The van der Waals surface area contributed by atoms with Crippen molar-refractivity contribution in [2.75, 3.05) is 0 Å². The Hall–Kier alpha value is -1.91. The first-order chi connectivity index (χ1) is 7.72. The van der Waals surface area contributed by atoms with Crippen LogP contribution in [0.2, 0.25) is 0 Å². The fourth-order valence-corrected chi connectivity index (χ4v) is 1.83. The molecule has 0 bridgehead atoms. The molecule has 1 atom stereocenters. The van der Waals surface area contributed by atoms with E-state index in [9.17, 15) is 4.79 Å². The molecule has 1 unspecified atom stereocenters. The molecule has 0 spiro atoms. The monoisotopic (exact) mass is 219 g/mol. The number of nitrogens with one attached hydrogen (secondary N) is 1. The minimum Gasteiger partial charge on any atom is -0.481 e. The first-order valence-electron chi connectivity index (χ1n) is 5.23. The molecule has 2 rings (SSSR count). The van der Waals surface area contributed by atoms with Gasteiger partial charge in [-0.2, -0.15) is 5.10 Å². The van der Waals surface area contributed by atoms with Crippen LogP contribution in [-0.4, -0.2) is 26.3 Å². The SMILES string of the molecule is CCC(CC(=O)O)c1n[nH]c2ncccc12. The molecule has 0 saturated heterocycles. The minimum absolute atomic E-state index is 0.0598. The number of pyridine rings is 1. The summed E-state index contributed by atoms with van der Waals surface area (Å²) in [7, 11) is 0. The van der Waals surface area contributed by atoms with Gasteiger partial charge in [0.2, 0.25) is 0 Å². The number of aromatic nitrogens is 3. The van der Waals surface area contributed by atoms with E-state index in [1.165, 1.54) is 0 Å². The number of carboxylic acids is 1. The Kier molecular flexibility index (Phi) is 2.85. The molecule has 16 heavy (non-hydrogen) atoms. The van der Waals surface area contributed by atoms with E-state index in [1.54, 1.807) is 6.20 Å². The van der Waals surface area contributed by atoms with E-state index < -0.39 is 5.97 Å². The van der Waals surface area contributed by atoms with E-state index in [4.69, 9.17) is 5.11 Å². The highest BCUT2D eigenvalue weighted by molar-refractivity contribution is 5.79. The van der Waals surface area contributed by atoms with Gasteiger partial charge in [0, 0.05) is 17.5 Å². The van der Waals surface area contributed by atoms with Crippen LogP contribution in [0, 0.1) is 0 Å². The lowest BCUT2D eigenvalue weighted by Crippen LogP contribution is -2.06. The molecule has 5 nitrogen and oxygen atoms in total. The molecular weight excluding hydrogens is 206 g/mol. The predicted octanol–water partition coefficient (Wildman–Crippen LogP) is 1.93. The number of H-pyrrole nitrogens is 1. The summed E-state index contributed by atoms with van der Waals surface area (Å²) < 4.78 is 0. The average Bonchev–Trinajstić information content (AvgIpc) is 2.69. The Morgan fingerprint density at radius 1 is 1.62 bits per heavy atom. The minimum atomic E-state index is -0.799. The third-order valence-electron chi connectivity index (χ3n) is 2.67. The van der Waals surface area contributed by atoms with Gasteiger partial charge in [0.25, 0.3) is 0 Å². The highest BCUT2D eigenvalue weighted by atomic mass is 16.4. The van der Waals surface area contributed by atoms with E-state index in [1.807, 2.05) is 19.1 Å². The molecule has 2 aromatic rings. The molecule has 0 aliphatic heterocycles. The summed E-state index contributed by atoms with van der Waals surface area (Å²) in [4.78, 5) is 14.9. The lowest BCUT2D eigenvalue weighted by molar-refractivity contribution is -0.137. The first kappa shape index (κ1) is 10.6. The van der Waals surface area contributed by atoms with Crippen LogP contribution in [-0.2, 0) is 4.79 Å². The van der Waals surface area contributed by atoms with Gasteiger partial charge in [0.1, 0.15) is 0 Å². The van der Waals surface area contributed by atoms with Gasteiger partial charge in [-0.3, -0.25) is 9.89 Å². The van der Waals surface area contributed by atoms with E-state index in [0.29, 0.717) is 5.65 Å². The second-order valence-corrected chi connectivity index (χ2v) is 3.71. The van der Waals surface area contributed by atoms with Crippen molar-refractivity contribution in [1.82, 2.24) is 15.2 Å². The summed E-state index contributed by atoms with van der Waals surface area (Å²) in [6.07, 6.45) is 2.54. The maximum absolute atomic E-state index is 10.7. The van der Waals surface area contributed by atoms with Crippen LogP contribution >= 0.6 is 0 Å². The molecule has 84 valence electrons. The molecule has 0 saturated carbocycles. The van der Waals surface area contributed by atoms with Crippen LogP contribution in [0.5, 0.6) is 0 Å². The Morgan fingerprint density at radius 3 is 3.12 bits per heavy atom. The zero-order chi connectivity index (χ0) is 11.5. The zero-order valence-corrected chi connectivity index (χ0v) is 8.97. The molecule has 2 N–H and O–H groups in total. The number of fused-ring (bicyclic) bond motifs is 1. The van der Waals surface area contributed by atoms with Gasteiger partial charge in [-0.25, -0.2) is 4.98 Å². The van der Waals surface area contributed by atoms with Gasteiger partial charge >= 0.3 is 5.97 Å². The van der Waals surface area contributed by atoms with Crippen molar-refractivity contribution in [3.05, 3.63) is 24.0 Å². The fraction of sp³-hybridized carbons (Fsp3) is 0.364. The molecule has 2 aromatic heterocycles. The van der Waals surface area contributed by atoms with E-state index in [-0.39, 0.29) is 12.3 Å². The smallest absolute Gasteiger partial charge is 0.304 e. The van der Waals surface area contributed by atoms with Gasteiger partial charge in [0.05, 0.1) is 12.1 Å². The third kappa shape index (κ3) is 1.88. The van der Waals surface area contributed by atoms with Gasteiger partial charge in [-0.1, -0.05) is 6.92 Å². The number of rotatable bonds is 4. The van der Waals surface area contributed by atoms with E-state index >= 15 is 0 Å². The van der Waals surface area contributed by atoms with Crippen LogP contribution in [0.3, 0.4) is 0 Å². The normalized spacial score (nSPS) is 12.8. The number of hydrogen-bond acceptors (Lipinski definition) is 3. The Bertz CT molecular complexity index is 507. The van der Waals surface area contributed by atoms with Crippen molar-refractivity contribution in [3.8, 4) is 0 Å². The molecule has 2 heterocycles. The van der Waals surface area contributed by atoms with Crippen molar-refractivity contribution in [3.63, 3.8) is 0 Å². The third-order valence-corrected chi connectivity index (χ3v) is 2.67. The lowest BCUT2D eigenvalue weighted by Gasteiger charge is -2.09. The Morgan fingerprint density at radius 2 is 2.44 bits per heavy atom. The molecule has 0 aromatic carbocycles. The van der Waals surface area contributed by atoms with Gasteiger partial charge in [0.15, 0.2) is 5.65 Å². The molecule has 0 amide bonds. The lowest BCUT2D eigenvalue weighted by atomic mass is 9.96. The number of nitrogens with zero attached hydrogens (tertiary/aromatic N) is 2. The maximum atomic E-state index is 10.7. The first-order valence-corrected chi connectivity index (χ1v) is 5.23. The molecule has 5 heteroatoms. The van der Waals surface area contributed by atoms with Crippen LogP contribution in [0.4, 0.5) is 0 Å². The van der Waals surface area contributed by atoms with Crippen LogP contribution in [0.15, 0.2) is 18.3 Å². The van der Waals surface area contributed by atoms with E-state index in [2.05, 4.69) is 15.2 Å². The standard InChI is InChI=1S/C11H13N3O2/c1-2-7(6-9(15)16)10-8-4-3-5-12-11(8)14-13-10/h3-5,7H,2,6H2,1H3,(H,15,16)(H,12,13,14). The van der Waals surface area contributed by atoms with Crippen LogP contribution < -0.4 is 0 Å². The van der Waals surface area contributed by atoms with Crippen LogP contribution in [0.25, 0.3) is 11.0 Å². The maximum Gasteiger partial charge on any atom is 0.304 e. The van der Waals surface area contributed by atoms with Crippen molar-refractivity contribution in [2.24, 2.45) is 0 Å². The summed E-state index contributed by atoms with van der Waals surface area (Å²) in [6.45, 7) is 1.96. The quantitative estimate of drug-likeness (QED) is 0.823. The fourth-order valence-electron chi connectivity index (χ4n) is 1.83. The number of hydrogen-bond donors (Lipinski definition) is 2. The number of aliphatic carboxylic acids is 1. The summed E-state index contributed by atoms with van der Waals surface area (Å²) >= 11 is 0. The summed E-state index contributed by atoms with van der Waals surface area (Å²) in [5, 5.41) is 16.7. The summed E-state index contributed by atoms with van der Waals surface area (Å²) in [6, 6.07) is 3.74. The van der Waals surface area contributed by atoms with E-state index in [0.717, 1.165) is 17.5 Å². The number of carboxylic acid groups (broad SMARTS) is 1. The highest BCUT2D eigenvalue weighted by Gasteiger charge is 2.19. The zero-order valence-electron chi connectivity index (χ0n) is 8.97. The van der Waals surface area contributed by atoms with Gasteiger partial charge < -0.3 is 5.11 Å². The van der Waals surface area contributed by atoms with Gasteiger partial charge in [-0.15, -0.1) is 0 Å².